The number of hydrogen-bond acceptors (Lipinski definition) is 6. The van der Waals surface area contributed by atoms with E-state index in [1.807, 2.05) is 44.3 Å². The van der Waals surface area contributed by atoms with Gasteiger partial charge in [0.25, 0.3) is 5.91 Å². The number of aromatic nitrogens is 5. The van der Waals surface area contributed by atoms with Crippen molar-refractivity contribution in [2.24, 2.45) is 5.41 Å². The van der Waals surface area contributed by atoms with Crippen molar-refractivity contribution in [1.82, 2.24) is 34.8 Å². The number of aliphatic hydroxyl groups excluding tert-OH is 1. The molecular weight excluding hydrogens is 598 g/mol. The first-order valence-electron chi connectivity index (χ1n) is 14.5. The molecule has 0 spiro atoms. The minimum atomic E-state index is -2.75. The zero-order valence-corrected chi connectivity index (χ0v) is 26.8. The lowest BCUT2D eigenvalue weighted by molar-refractivity contribution is -0.134. The summed E-state index contributed by atoms with van der Waals surface area (Å²) in [6.07, 6.45) is 4.41. The van der Waals surface area contributed by atoms with E-state index in [9.17, 15) is 18.7 Å². The molecule has 45 heavy (non-hydrogen) atoms. The zero-order chi connectivity index (χ0) is 32.9. The maximum absolute atomic E-state index is 14.6. The van der Waals surface area contributed by atoms with Crippen molar-refractivity contribution in [2.75, 3.05) is 6.61 Å². The van der Waals surface area contributed by atoms with Crippen LogP contribution in [0.3, 0.4) is 0 Å². The van der Waals surface area contributed by atoms with Crippen LogP contribution in [-0.4, -0.2) is 76.6 Å². The molecule has 1 aliphatic heterocycles. The Labute approximate surface area is 267 Å². The van der Waals surface area contributed by atoms with Crippen LogP contribution in [0.15, 0.2) is 61.2 Å². The number of rotatable bonds is 9. The number of alkyl halides is 2. The molecule has 2 aromatic carbocycles. The lowest BCUT2D eigenvalue weighted by atomic mass is 9.49. The van der Waals surface area contributed by atoms with Crippen molar-refractivity contribution in [2.45, 2.75) is 50.6 Å². The summed E-state index contributed by atoms with van der Waals surface area (Å²) in [5.74, 6) is -0.0118. The summed E-state index contributed by atoms with van der Waals surface area (Å²) in [6.45, 7) is 2.80. The van der Waals surface area contributed by atoms with Crippen LogP contribution in [0.1, 0.15) is 50.9 Å². The van der Waals surface area contributed by atoms with Crippen molar-refractivity contribution in [1.29, 1.82) is 5.41 Å². The van der Waals surface area contributed by atoms with E-state index in [1.165, 1.54) is 23.6 Å². The molecule has 10 nitrogen and oxygen atoms in total. The summed E-state index contributed by atoms with van der Waals surface area (Å²) in [4.78, 5) is 20.3. The predicted molar refractivity (Wildman–Crippen MR) is 176 cm³/mol. The Kier molecular flexibility index (Phi) is 8.47. The number of nitrogens with one attached hydrogen (secondary N) is 2. The molecule has 0 bridgehead atoms. The highest BCUT2D eigenvalue weighted by Gasteiger charge is 2.54. The molecule has 1 saturated heterocycles. The fraction of sp³-hybridized carbons (Fsp3) is 0.345. The fourth-order valence-electron chi connectivity index (χ4n) is 5.85. The molecule has 1 fully saturated rings. The molecule has 0 radical (unpaired) electrons. The van der Waals surface area contributed by atoms with E-state index in [0.29, 0.717) is 49.8 Å². The molecule has 1 aliphatic rings. The number of halogens is 3. The van der Waals surface area contributed by atoms with Gasteiger partial charge < -0.3 is 10.4 Å². The summed E-state index contributed by atoms with van der Waals surface area (Å²) in [5, 5.41) is 30.9. The van der Waals surface area contributed by atoms with Gasteiger partial charge in [0.2, 0.25) is 0 Å². The number of amides is 1. The Balaban J connectivity index is 1.54. The maximum atomic E-state index is 14.6. The number of benzene rings is 2. The van der Waals surface area contributed by atoms with E-state index in [2.05, 4.69) is 20.5 Å². The Bertz CT molecular complexity index is 1740. The normalized spacial score (nSPS) is 18.1. The topological polar surface area (TPSA) is 125 Å². The summed E-state index contributed by atoms with van der Waals surface area (Å²) < 4.78 is 28.5. The summed E-state index contributed by atoms with van der Waals surface area (Å²) in [7, 11) is 5.98. The summed E-state index contributed by atoms with van der Waals surface area (Å²) in [5.41, 5.74) is 1.24. The average Bonchev–Trinajstić information content (AvgIpc) is 3.70. The van der Waals surface area contributed by atoms with Gasteiger partial charge in [-0.15, -0.1) is 0 Å². The molecule has 0 aliphatic carbocycles. The van der Waals surface area contributed by atoms with E-state index in [1.54, 1.807) is 47.1 Å². The minimum Gasteiger partial charge on any atom is -0.394 e. The van der Waals surface area contributed by atoms with Crippen LogP contribution in [-0.2, 0) is 15.6 Å². The van der Waals surface area contributed by atoms with Crippen LogP contribution in [0.2, 0.25) is 5.02 Å². The number of hydrogen-bond donors (Lipinski definition) is 3. The molecular formula is C29H34B3ClF2N8O2. The quantitative estimate of drug-likeness (QED) is 0.243. The van der Waals surface area contributed by atoms with Gasteiger partial charge in [-0.1, -0.05) is 62.7 Å². The lowest BCUT2D eigenvalue weighted by Crippen LogP contribution is -2.47. The third-order valence-electron chi connectivity index (χ3n) is 7.75. The van der Waals surface area contributed by atoms with Gasteiger partial charge in [-0.2, -0.15) is 19.0 Å². The number of carbonyl (C=O) groups excluding carboxylic acids is 1. The Morgan fingerprint density at radius 3 is 2.36 bits per heavy atom. The van der Waals surface area contributed by atoms with Gasteiger partial charge in [0.1, 0.15) is 35.4 Å². The van der Waals surface area contributed by atoms with Gasteiger partial charge in [-0.3, -0.25) is 19.8 Å². The zero-order valence-electron chi connectivity index (χ0n) is 26.0. The van der Waals surface area contributed by atoms with E-state index in [0.717, 1.165) is 0 Å². The molecule has 16 heteroatoms. The van der Waals surface area contributed by atoms with E-state index < -0.39 is 30.6 Å². The molecule has 5 rings (SSSR count). The Morgan fingerprint density at radius 2 is 1.78 bits per heavy atom. The maximum Gasteiger partial charge on any atom is 0.333 e. The predicted octanol–water partition coefficient (Wildman–Crippen LogP) is 2.06. The third-order valence-corrected chi connectivity index (χ3v) is 8.08. The highest BCUT2D eigenvalue weighted by atomic mass is 35.5. The number of nitrogens with zero attached hydrogens (tertiary/aromatic N) is 6. The lowest BCUT2D eigenvalue weighted by Gasteiger charge is -2.35. The fourth-order valence-corrected chi connectivity index (χ4v) is 6.05. The standard InChI is InChI=1S/C29H34B3ClF2N8O2/c1-27(2,3)14-28(19-7-4-16(5-8-19)18-11-38-41(12-18)25(34)35)24(45)42(26(36)40-28)22(13-44)17-6-9-21(33)20(10-17)23-37-15-39-43(23)29(30,31)32/h4-12,15,22,25,44H,13-14,30-32H2,1-3H3,(H2,36,40)/t22-,28-/m1/s1. The molecule has 3 N–H and O–H groups in total. The van der Waals surface area contributed by atoms with Crippen LogP contribution in [0.5, 0.6) is 0 Å². The van der Waals surface area contributed by atoms with Crippen LogP contribution < -0.4 is 5.32 Å². The van der Waals surface area contributed by atoms with Crippen molar-refractivity contribution in [3.05, 3.63) is 77.3 Å². The number of carbonyl (C=O) groups is 1. The largest absolute Gasteiger partial charge is 0.394 e. The first-order chi connectivity index (χ1) is 21.1. The van der Waals surface area contributed by atoms with Gasteiger partial charge in [-0.05, 0) is 45.9 Å². The Morgan fingerprint density at radius 1 is 1.09 bits per heavy atom. The van der Waals surface area contributed by atoms with E-state index in [-0.39, 0.29) is 16.6 Å². The first kappa shape index (κ1) is 32.4. The first-order valence-corrected chi connectivity index (χ1v) is 14.9. The summed E-state index contributed by atoms with van der Waals surface area (Å²) in [6, 6.07) is 11.3. The second kappa shape index (κ2) is 11.8. The van der Waals surface area contributed by atoms with Crippen molar-refractivity contribution in [3.8, 4) is 22.5 Å². The third kappa shape index (κ3) is 6.15. The minimum absolute atomic E-state index is 0.153. The molecule has 0 saturated carbocycles. The SMILES string of the molecule is BC(B)(B)n1ncnc1-c1cc([C@@H](CO)N2C(=N)N[C@](CC(C)(C)C)(c3ccc(-c4cnn(C(F)F)c4)cc3)C2=O)ccc1Cl. The number of guanidine groups is 1. The monoisotopic (exact) mass is 632 g/mol. The molecule has 2 aromatic heterocycles. The van der Waals surface area contributed by atoms with E-state index in [4.69, 9.17) is 17.0 Å². The van der Waals surface area contributed by atoms with Crippen molar-refractivity contribution in [3.63, 3.8) is 0 Å². The van der Waals surface area contributed by atoms with Crippen LogP contribution >= 0.6 is 11.6 Å². The van der Waals surface area contributed by atoms with Gasteiger partial charge >= 0.3 is 6.55 Å². The van der Waals surface area contributed by atoms with Crippen molar-refractivity contribution < 1.29 is 18.7 Å². The van der Waals surface area contributed by atoms with E-state index >= 15 is 0 Å². The average molecular weight is 633 g/mol. The highest BCUT2D eigenvalue weighted by molar-refractivity contribution is 6.56. The van der Waals surface area contributed by atoms with Crippen LogP contribution in [0.4, 0.5) is 8.78 Å². The molecule has 0 unspecified atom stereocenters. The smallest absolute Gasteiger partial charge is 0.333 e. The van der Waals surface area contributed by atoms with Crippen LogP contribution in [0.25, 0.3) is 22.5 Å². The number of aliphatic hydroxyl groups is 1. The molecule has 2 atom stereocenters. The van der Waals surface area contributed by atoms with Gasteiger partial charge in [0.15, 0.2) is 11.8 Å². The van der Waals surface area contributed by atoms with Crippen molar-refractivity contribution >= 4 is 47.0 Å². The molecule has 232 valence electrons. The van der Waals surface area contributed by atoms with Gasteiger partial charge in [-0.25, -0.2) is 9.67 Å². The second-order valence-corrected chi connectivity index (χ2v) is 13.9. The van der Waals surface area contributed by atoms with Gasteiger partial charge in [0, 0.05) is 17.3 Å². The molecule has 3 heterocycles. The molecule has 4 aromatic rings. The van der Waals surface area contributed by atoms with Gasteiger partial charge in [0.05, 0.1) is 23.9 Å². The Hall–Kier alpha value is -3.97. The summed E-state index contributed by atoms with van der Waals surface area (Å²) >= 11 is 6.63. The second-order valence-electron chi connectivity index (χ2n) is 13.5. The van der Waals surface area contributed by atoms with Crippen LogP contribution in [0, 0.1) is 10.8 Å². The molecule has 1 amide bonds. The highest BCUT2D eigenvalue weighted by Crippen LogP contribution is 2.43.